The quantitative estimate of drug-likeness (QED) is 0.889. The van der Waals surface area contributed by atoms with Crippen LogP contribution in [0, 0.1) is 5.92 Å². The lowest BCUT2D eigenvalue weighted by Crippen LogP contribution is -2.53. The predicted octanol–water partition coefficient (Wildman–Crippen LogP) is 1.66. The standard InChI is InChI=1S/C12H19N3O3/c1-12(2,3)18-11(16)15-6-9(7-15)8-17-10-4-13-14-5-10/h4-5,9H,6-8H2,1-3H3,(H,13,14). The molecular formula is C12H19N3O3. The SMILES string of the molecule is CC(C)(C)OC(=O)N1CC(COc2cn[nH]c2)C1. The van der Waals surface area contributed by atoms with E-state index in [2.05, 4.69) is 10.2 Å². The van der Waals surface area contributed by atoms with Crippen molar-refractivity contribution in [2.75, 3.05) is 19.7 Å². The molecule has 0 unspecified atom stereocenters. The van der Waals surface area contributed by atoms with Crippen LogP contribution in [-0.4, -0.2) is 46.5 Å². The van der Waals surface area contributed by atoms with Gasteiger partial charge in [-0.05, 0) is 20.8 Å². The molecular weight excluding hydrogens is 234 g/mol. The predicted molar refractivity (Wildman–Crippen MR) is 65.4 cm³/mol. The molecule has 6 nitrogen and oxygen atoms in total. The minimum Gasteiger partial charge on any atom is -0.490 e. The number of rotatable bonds is 3. The molecule has 1 fully saturated rings. The maximum Gasteiger partial charge on any atom is 0.410 e. The molecule has 0 atom stereocenters. The third-order valence-electron chi connectivity index (χ3n) is 2.57. The molecule has 0 aromatic carbocycles. The molecule has 1 aromatic rings. The molecule has 0 radical (unpaired) electrons. The lowest BCUT2D eigenvalue weighted by molar-refractivity contribution is -0.00781. The number of carbonyl (C=O) groups excluding carboxylic acids is 1. The van der Waals surface area contributed by atoms with Crippen LogP contribution in [-0.2, 0) is 4.74 Å². The molecule has 6 heteroatoms. The Bertz CT molecular complexity index is 391. The minimum atomic E-state index is -0.435. The first kappa shape index (κ1) is 12.7. The number of ether oxygens (including phenoxy) is 2. The van der Waals surface area contributed by atoms with E-state index in [1.165, 1.54) is 0 Å². The molecule has 1 aromatic heterocycles. The summed E-state index contributed by atoms with van der Waals surface area (Å²) in [4.78, 5) is 13.4. The van der Waals surface area contributed by atoms with Crippen molar-refractivity contribution in [3.63, 3.8) is 0 Å². The summed E-state index contributed by atoms with van der Waals surface area (Å²) in [7, 11) is 0. The lowest BCUT2D eigenvalue weighted by atomic mass is 10.0. The molecule has 1 saturated heterocycles. The van der Waals surface area contributed by atoms with Gasteiger partial charge < -0.3 is 14.4 Å². The Morgan fingerprint density at radius 1 is 1.56 bits per heavy atom. The van der Waals surface area contributed by atoms with Gasteiger partial charge in [0.15, 0.2) is 5.75 Å². The van der Waals surface area contributed by atoms with E-state index in [9.17, 15) is 4.79 Å². The zero-order valence-electron chi connectivity index (χ0n) is 11.0. The van der Waals surface area contributed by atoms with E-state index in [0.717, 1.165) is 5.75 Å². The number of nitrogens with one attached hydrogen (secondary N) is 1. The largest absolute Gasteiger partial charge is 0.490 e. The van der Waals surface area contributed by atoms with Crippen LogP contribution in [0.4, 0.5) is 4.79 Å². The minimum absolute atomic E-state index is 0.248. The molecule has 0 spiro atoms. The molecule has 0 bridgehead atoms. The smallest absolute Gasteiger partial charge is 0.410 e. The molecule has 0 aliphatic carbocycles. The Morgan fingerprint density at radius 3 is 2.83 bits per heavy atom. The summed E-state index contributed by atoms with van der Waals surface area (Å²) >= 11 is 0. The van der Waals surface area contributed by atoms with Gasteiger partial charge in [0.05, 0.1) is 19.0 Å². The number of amides is 1. The van der Waals surface area contributed by atoms with Crippen LogP contribution in [0.3, 0.4) is 0 Å². The molecule has 1 amide bonds. The third kappa shape index (κ3) is 3.38. The Balaban J connectivity index is 1.66. The van der Waals surface area contributed by atoms with Crippen LogP contribution in [0.15, 0.2) is 12.4 Å². The summed E-state index contributed by atoms with van der Waals surface area (Å²) in [6, 6.07) is 0. The van der Waals surface area contributed by atoms with Gasteiger partial charge in [-0.25, -0.2) is 4.79 Å². The normalized spacial score (nSPS) is 16.3. The van der Waals surface area contributed by atoms with Gasteiger partial charge in [0.1, 0.15) is 5.60 Å². The molecule has 2 rings (SSSR count). The van der Waals surface area contributed by atoms with Crippen LogP contribution in [0.2, 0.25) is 0 Å². The van der Waals surface area contributed by atoms with Gasteiger partial charge >= 0.3 is 6.09 Å². The summed E-state index contributed by atoms with van der Waals surface area (Å²) in [6.07, 6.45) is 3.08. The average molecular weight is 253 g/mol. The van der Waals surface area contributed by atoms with Crippen molar-refractivity contribution in [2.24, 2.45) is 5.92 Å². The molecule has 1 N–H and O–H groups in total. The van der Waals surface area contributed by atoms with E-state index in [1.54, 1.807) is 17.3 Å². The fraction of sp³-hybridized carbons (Fsp3) is 0.667. The van der Waals surface area contributed by atoms with E-state index in [4.69, 9.17) is 9.47 Å². The molecule has 1 aliphatic rings. The van der Waals surface area contributed by atoms with E-state index in [-0.39, 0.29) is 6.09 Å². The second kappa shape index (κ2) is 4.88. The molecule has 0 saturated carbocycles. The van der Waals surface area contributed by atoms with Crippen molar-refractivity contribution in [2.45, 2.75) is 26.4 Å². The number of carbonyl (C=O) groups is 1. The van der Waals surface area contributed by atoms with Crippen molar-refractivity contribution in [3.8, 4) is 5.75 Å². The summed E-state index contributed by atoms with van der Waals surface area (Å²) in [5.74, 6) is 1.10. The van der Waals surface area contributed by atoms with Gasteiger partial charge in [0, 0.05) is 19.0 Å². The van der Waals surface area contributed by atoms with Crippen molar-refractivity contribution >= 4 is 6.09 Å². The fourth-order valence-corrected chi connectivity index (χ4v) is 1.68. The number of hydrogen-bond acceptors (Lipinski definition) is 4. The summed E-state index contributed by atoms with van der Waals surface area (Å²) in [5.41, 5.74) is -0.435. The van der Waals surface area contributed by atoms with E-state index >= 15 is 0 Å². The second-order valence-electron chi connectivity index (χ2n) is 5.50. The third-order valence-corrected chi connectivity index (χ3v) is 2.57. The first-order chi connectivity index (χ1) is 8.44. The van der Waals surface area contributed by atoms with Gasteiger partial charge in [-0.2, -0.15) is 5.10 Å². The molecule has 18 heavy (non-hydrogen) atoms. The van der Waals surface area contributed by atoms with Gasteiger partial charge in [-0.1, -0.05) is 0 Å². The molecule has 100 valence electrons. The number of hydrogen-bond donors (Lipinski definition) is 1. The van der Waals surface area contributed by atoms with E-state index in [1.807, 2.05) is 20.8 Å². The summed E-state index contributed by atoms with van der Waals surface area (Å²) in [5, 5.41) is 6.48. The van der Waals surface area contributed by atoms with Crippen molar-refractivity contribution in [3.05, 3.63) is 12.4 Å². The zero-order valence-corrected chi connectivity index (χ0v) is 11.0. The molecule has 2 heterocycles. The van der Waals surface area contributed by atoms with E-state index in [0.29, 0.717) is 25.6 Å². The average Bonchev–Trinajstić information content (AvgIpc) is 2.64. The van der Waals surface area contributed by atoms with Crippen LogP contribution in [0.1, 0.15) is 20.8 Å². The lowest BCUT2D eigenvalue weighted by Gasteiger charge is -2.39. The van der Waals surface area contributed by atoms with Crippen LogP contribution < -0.4 is 4.74 Å². The van der Waals surface area contributed by atoms with Crippen molar-refractivity contribution < 1.29 is 14.3 Å². The first-order valence-electron chi connectivity index (χ1n) is 6.03. The number of aromatic amines is 1. The first-order valence-corrected chi connectivity index (χ1v) is 6.03. The topological polar surface area (TPSA) is 67.4 Å². The van der Waals surface area contributed by atoms with Crippen molar-refractivity contribution in [1.82, 2.24) is 15.1 Å². The number of nitrogens with zero attached hydrogens (tertiary/aromatic N) is 2. The van der Waals surface area contributed by atoms with Crippen molar-refractivity contribution in [1.29, 1.82) is 0 Å². The van der Waals surface area contributed by atoms with Crippen LogP contribution in [0.5, 0.6) is 5.75 Å². The molecule has 1 aliphatic heterocycles. The zero-order chi connectivity index (χ0) is 13.2. The maximum absolute atomic E-state index is 11.7. The summed E-state index contributed by atoms with van der Waals surface area (Å²) < 4.78 is 10.8. The highest BCUT2D eigenvalue weighted by molar-refractivity contribution is 5.69. The Labute approximate surface area is 106 Å². The Kier molecular flexibility index (Phi) is 3.45. The Hall–Kier alpha value is -1.72. The second-order valence-corrected chi connectivity index (χ2v) is 5.50. The highest BCUT2D eigenvalue weighted by atomic mass is 16.6. The van der Waals surface area contributed by atoms with Gasteiger partial charge in [-0.3, -0.25) is 5.10 Å². The van der Waals surface area contributed by atoms with Crippen LogP contribution in [0.25, 0.3) is 0 Å². The van der Waals surface area contributed by atoms with Crippen LogP contribution >= 0.6 is 0 Å². The van der Waals surface area contributed by atoms with Gasteiger partial charge in [-0.15, -0.1) is 0 Å². The fourth-order valence-electron chi connectivity index (χ4n) is 1.68. The Morgan fingerprint density at radius 2 is 2.28 bits per heavy atom. The highest BCUT2D eigenvalue weighted by Gasteiger charge is 2.33. The number of likely N-dealkylation sites (tertiary alicyclic amines) is 1. The summed E-state index contributed by atoms with van der Waals surface area (Å²) in [6.45, 7) is 7.57. The maximum atomic E-state index is 11.7. The monoisotopic (exact) mass is 253 g/mol. The van der Waals surface area contributed by atoms with Gasteiger partial charge in [0.2, 0.25) is 0 Å². The number of aromatic nitrogens is 2. The number of H-pyrrole nitrogens is 1. The highest BCUT2D eigenvalue weighted by Crippen LogP contribution is 2.20. The van der Waals surface area contributed by atoms with Gasteiger partial charge in [0.25, 0.3) is 0 Å². The van der Waals surface area contributed by atoms with E-state index < -0.39 is 5.60 Å².